The van der Waals surface area contributed by atoms with E-state index >= 15 is 0 Å². The number of rotatable bonds is 3. The summed E-state index contributed by atoms with van der Waals surface area (Å²) < 4.78 is 15.0. The van der Waals surface area contributed by atoms with Gasteiger partial charge in [-0.05, 0) is 31.0 Å². The summed E-state index contributed by atoms with van der Waals surface area (Å²) >= 11 is 0. The monoisotopic (exact) mass is 343 g/mol. The first-order valence-electron chi connectivity index (χ1n) is 8.03. The Bertz CT molecular complexity index is 885. The maximum atomic E-state index is 13.7. The molecule has 1 aromatic heterocycles. The van der Waals surface area contributed by atoms with Crippen molar-refractivity contribution in [1.29, 1.82) is 0 Å². The minimum Gasteiger partial charge on any atom is -0.339 e. The first-order chi connectivity index (χ1) is 12.0. The number of aromatic nitrogens is 1. The van der Waals surface area contributed by atoms with Gasteiger partial charge in [-0.3, -0.25) is 14.4 Å². The number of benzene rings is 1. The Hall–Kier alpha value is -2.96. The molecular formula is C18H18FN3O3. The molecule has 0 radical (unpaired) electrons. The zero-order valence-corrected chi connectivity index (χ0v) is 13.8. The van der Waals surface area contributed by atoms with Gasteiger partial charge in [-0.25, -0.2) is 4.39 Å². The molecule has 1 aromatic carbocycles. The van der Waals surface area contributed by atoms with Crippen molar-refractivity contribution in [2.45, 2.75) is 12.8 Å². The van der Waals surface area contributed by atoms with Crippen molar-refractivity contribution in [3.05, 3.63) is 63.8 Å². The van der Waals surface area contributed by atoms with Gasteiger partial charge in [0, 0.05) is 26.3 Å². The zero-order chi connectivity index (χ0) is 18.0. The van der Waals surface area contributed by atoms with Crippen molar-refractivity contribution in [3.8, 4) is 0 Å². The van der Waals surface area contributed by atoms with E-state index < -0.39 is 17.3 Å². The molecule has 1 aliphatic heterocycles. The fraction of sp³-hybridized carbons (Fsp3) is 0.278. The first-order valence-corrected chi connectivity index (χ1v) is 8.03. The summed E-state index contributed by atoms with van der Waals surface area (Å²) in [4.78, 5) is 38.7. The summed E-state index contributed by atoms with van der Waals surface area (Å²) in [5.41, 5.74) is -0.378. The summed E-state index contributed by atoms with van der Waals surface area (Å²) in [6, 6.07) is 6.85. The van der Waals surface area contributed by atoms with Crippen LogP contribution in [-0.4, -0.2) is 34.4 Å². The molecular weight excluding hydrogens is 325 g/mol. The maximum absolute atomic E-state index is 13.7. The highest BCUT2D eigenvalue weighted by Gasteiger charge is 2.22. The van der Waals surface area contributed by atoms with Gasteiger partial charge < -0.3 is 14.8 Å². The van der Waals surface area contributed by atoms with Gasteiger partial charge >= 0.3 is 0 Å². The second-order valence-electron chi connectivity index (χ2n) is 5.99. The van der Waals surface area contributed by atoms with Crippen LogP contribution in [0.3, 0.4) is 0 Å². The number of nitrogens with one attached hydrogen (secondary N) is 1. The molecule has 6 nitrogen and oxygen atoms in total. The van der Waals surface area contributed by atoms with E-state index in [0.29, 0.717) is 18.7 Å². The summed E-state index contributed by atoms with van der Waals surface area (Å²) in [6.45, 7) is 1.36. The van der Waals surface area contributed by atoms with E-state index in [2.05, 4.69) is 5.32 Å². The molecule has 2 aromatic rings. The topological polar surface area (TPSA) is 71.4 Å². The molecule has 2 amide bonds. The molecule has 1 aliphatic rings. The van der Waals surface area contributed by atoms with Gasteiger partial charge in [-0.1, -0.05) is 12.1 Å². The molecule has 2 heterocycles. The number of likely N-dealkylation sites (tertiary alicyclic amines) is 1. The van der Waals surface area contributed by atoms with Crippen molar-refractivity contribution in [2.75, 3.05) is 18.4 Å². The molecule has 3 rings (SSSR count). The Labute approximate surface area is 143 Å². The summed E-state index contributed by atoms with van der Waals surface area (Å²) in [5, 5.41) is 2.41. The molecule has 1 fully saturated rings. The third-order valence-electron chi connectivity index (χ3n) is 4.19. The number of pyridine rings is 1. The highest BCUT2D eigenvalue weighted by atomic mass is 19.1. The second kappa shape index (κ2) is 6.88. The molecule has 1 N–H and O–H groups in total. The Balaban J connectivity index is 1.91. The van der Waals surface area contributed by atoms with Crippen LogP contribution in [0, 0.1) is 5.82 Å². The van der Waals surface area contributed by atoms with Gasteiger partial charge in [0.05, 0.1) is 11.1 Å². The molecule has 0 spiro atoms. The van der Waals surface area contributed by atoms with Crippen molar-refractivity contribution in [2.24, 2.45) is 7.05 Å². The van der Waals surface area contributed by atoms with Gasteiger partial charge in [0.25, 0.3) is 17.4 Å². The number of aryl methyl sites for hydroxylation is 1. The standard InChI is InChI=1S/C18H18FN3O3/c1-21-11-12(17(24)22-8-4-5-9-22)10-15(18(21)25)20-16(23)13-6-2-3-7-14(13)19/h2-3,6-7,10-11H,4-5,8-9H2,1H3,(H,20,23). The van der Waals surface area contributed by atoms with Crippen molar-refractivity contribution in [3.63, 3.8) is 0 Å². The lowest BCUT2D eigenvalue weighted by molar-refractivity contribution is 0.0791. The quantitative estimate of drug-likeness (QED) is 0.927. The summed E-state index contributed by atoms with van der Waals surface area (Å²) in [5.74, 6) is -1.60. The molecule has 130 valence electrons. The van der Waals surface area contributed by atoms with E-state index in [0.717, 1.165) is 12.8 Å². The second-order valence-corrected chi connectivity index (χ2v) is 5.99. The van der Waals surface area contributed by atoms with Crippen LogP contribution in [0.25, 0.3) is 0 Å². The number of hydrogen-bond donors (Lipinski definition) is 1. The third kappa shape index (κ3) is 3.45. The molecule has 0 saturated carbocycles. The van der Waals surface area contributed by atoms with Gasteiger partial charge in [-0.15, -0.1) is 0 Å². The fourth-order valence-electron chi connectivity index (χ4n) is 2.86. The van der Waals surface area contributed by atoms with Crippen LogP contribution in [0.15, 0.2) is 41.3 Å². The predicted molar refractivity (Wildman–Crippen MR) is 91.2 cm³/mol. The Morgan fingerprint density at radius 3 is 2.52 bits per heavy atom. The van der Waals surface area contributed by atoms with E-state index in [-0.39, 0.29) is 17.2 Å². The molecule has 0 atom stereocenters. The van der Waals surface area contributed by atoms with Gasteiger partial charge in [-0.2, -0.15) is 0 Å². The van der Waals surface area contributed by atoms with Crippen LogP contribution in [-0.2, 0) is 7.05 Å². The average Bonchev–Trinajstić information content (AvgIpc) is 3.13. The average molecular weight is 343 g/mol. The van der Waals surface area contributed by atoms with Crippen LogP contribution in [0.1, 0.15) is 33.6 Å². The van der Waals surface area contributed by atoms with Crippen LogP contribution < -0.4 is 10.9 Å². The number of amides is 2. The molecule has 1 saturated heterocycles. The number of carbonyl (C=O) groups is 2. The van der Waals surface area contributed by atoms with Gasteiger partial charge in [0.15, 0.2) is 0 Å². The number of carbonyl (C=O) groups excluding carboxylic acids is 2. The predicted octanol–water partition coefficient (Wildman–Crippen LogP) is 2.01. The largest absolute Gasteiger partial charge is 0.339 e. The molecule has 7 heteroatoms. The first kappa shape index (κ1) is 16.9. The van der Waals surface area contributed by atoms with Crippen LogP contribution in [0.5, 0.6) is 0 Å². The molecule has 0 unspecified atom stereocenters. The molecule has 0 bridgehead atoms. The molecule has 0 aliphatic carbocycles. The van der Waals surface area contributed by atoms with Crippen LogP contribution >= 0.6 is 0 Å². The van der Waals surface area contributed by atoms with Gasteiger partial charge in [0.2, 0.25) is 0 Å². The van der Waals surface area contributed by atoms with Crippen LogP contribution in [0.2, 0.25) is 0 Å². The highest BCUT2D eigenvalue weighted by Crippen LogP contribution is 2.15. The van der Waals surface area contributed by atoms with Crippen molar-refractivity contribution >= 4 is 17.5 Å². The minimum atomic E-state index is -0.735. The number of hydrogen-bond acceptors (Lipinski definition) is 3. The minimum absolute atomic E-state index is 0.0548. The van der Waals surface area contributed by atoms with E-state index in [9.17, 15) is 18.8 Å². The maximum Gasteiger partial charge on any atom is 0.274 e. The van der Waals surface area contributed by atoms with E-state index in [4.69, 9.17) is 0 Å². The summed E-state index contributed by atoms with van der Waals surface area (Å²) in [7, 11) is 1.50. The van der Waals surface area contributed by atoms with Crippen molar-refractivity contribution in [1.82, 2.24) is 9.47 Å². The van der Waals surface area contributed by atoms with E-state index in [1.54, 1.807) is 4.90 Å². The Morgan fingerprint density at radius 2 is 1.84 bits per heavy atom. The normalized spacial score (nSPS) is 13.8. The van der Waals surface area contributed by atoms with Crippen molar-refractivity contribution < 1.29 is 14.0 Å². The molecule has 25 heavy (non-hydrogen) atoms. The zero-order valence-electron chi connectivity index (χ0n) is 13.8. The third-order valence-corrected chi connectivity index (χ3v) is 4.19. The highest BCUT2D eigenvalue weighted by molar-refractivity contribution is 6.05. The lowest BCUT2D eigenvalue weighted by Crippen LogP contribution is -2.31. The Morgan fingerprint density at radius 1 is 1.16 bits per heavy atom. The lowest BCUT2D eigenvalue weighted by atomic mass is 10.2. The SMILES string of the molecule is Cn1cc(C(=O)N2CCCC2)cc(NC(=O)c2ccccc2F)c1=O. The number of nitrogens with zero attached hydrogens (tertiary/aromatic N) is 2. The van der Waals surface area contributed by atoms with E-state index in [1.165, 1.54) is 48.1 Å². The number of anilines is 1. The lowest BCUT2D eigenvalue weighted by Gasteiger charge is -2.16. The van der Waals surface area contributed by atoms with E-state index in [1.807, 2.05) is 0 Å². The van der Waals surface area contributed by atoms with Gasteiger partial charge in [0.1, 0.15) is 11.5 Å². The summed E-state index contributed by atoms with van der Waals surface area (Å²) in [6.07, 6.45) is 3.35. The number of halogens is 1. The smallest absolute Gasteiger partial charge is 0.274 e. The Kier molecular flexibility index (Phi) is 4.65. The van der Waals surface area contributed by atoms with Crippen LogP contribution in [0.4, 0.5) is 10.1 Å². The fourth-order valence-corrected chi connectivity index (χ4v) is 2.86.